The maximum Gasteiger partial charge on any atom is 0.262 e. The molecule has 1 heterocycles. The average Bonchev–Trinajstić information content (AvgIpc) is 2.85. The zero-order valence-electron chi connectivity index (χ0n) is 20.1. The van der Waals surface area contributed by atoms with Crippen LogP contribution in [0, 0.1) is 0 Å². The predicted molar refractivity (Wildman–Crippen MR) is 145 cm³/mol. The molecule has 7 heteroatoms. The van der Waals surface area contributed by atoms with E-state index in [0.717, 1.165) is 49.0 Å². The van der Waals surface area contributed by atoms with Gasteiger partial charge in [-0.25, -0.2) is 0 Å². The molecule has 1 amide bonds. The minimum absolute atomic E-state index is 0.0617. The third-order valence-electron chi connectivity index (χ3n) is 6.21. The van der Waals surface area contributed by atoms with Crippen molar-refractivity contribution < 1.29 is 9.53 Å². The maximum atomic E-state index is 12.4. The van der Waals surface area contributed by atoms with Crippen LogP contribution < -0.4 is 15.0 Å². The normalized spacial score (nSPS) is 14.3. The molecule has 0 bridgehead atoms. The SMILES string of the molecule is CC(C)c1ccc(OCC(=O)Nc2ccc(N3CCN(Cc4ccccc4Cl)CC3)c(Cl)c2)cc1. The van der Waals surface area contributed by atoms with Gasteiger partial charge >= 0.3 is 0 Å². The Balaban J connectivity index is 1.27. The first-order valence-corrected chi connectivity index (χ1v) is 12.7. The van der Waals surface area contributed by atoms with E-state index >= 15 is 0 Å². The van der Waals surface area contributed by atoms with Gasteiger partial charge in [0.1, 0.15) is 5.75 Å². The highest BCUT2D eigenvalue weighted by molar-refractivity contribution is 6.33. The first kappa shape index (κ1) is 25.4. The third-order valence-corrected chi connectivity index (χ3v) is 6.88. The topological polar surface area (TPSA) is 44.8 Å². The van der Waals surface area contributed by atoms with Crippen molar-refractivity contribution in [2.45, 2.75) is 26.3 Å². The Morgan fingerprint density at radius 3 is 2.31 bits per heavy atom. The van der Waals surface area contributed by atoms with Crippen LogP contribution in [0.1, 0.15) is 30.9 Å². The minimum atomic E-state index is -0.227. The van der Waals surface area contributed by atoms with E-state index in [0.29, 0.717) is 22.4 Å². The minimum Gasteiger partial charge on any atom is -0.484 e. The Bertz CT molecular complexity index is 1140. The van der Waals surface area contributed by atoms with Crippen molar-refractivity contribution in [3.63, 3.8) is 0 Å². The molecule has 35 heavy (non-hydrogen) atoms. The number of carbonyl (C=O) groups is 1. The number of halogens is 2. The Morgan fingerprint density at radius 1 is 0.943 bits per heavy atom. The van der Waals surface area contributed by atoms with E-state index in [-0.39, 0.29) is 12.5 Å². The summed E-state index contributed by atoms with van der Waals surface area (Å²) in [6.45, 7) is 8.66. The number of hydrogen-bond donors (Lipinski definition) is 1. The molecule has 1 aliphatic heterocycles. The van der Waals surface area contributed by atoms with Crippen molar-refractivity contribution in [3.8, 4) is 5.75 Å². The van der Waals surface area contributed by atoms with E-state index < -0.39 is 0 Å². The van der Waals surface area contributed by atoms with Crippen molar-refractivity contribution in [2.75, 3.05) is 43.0 Å². The van der Waals surface area contributed by atoms with E-state index in [4.69, 9.17) is 27.9 Å². The summed E-state index contributed by atoms with van der Waals surface area (Å²) in [5.74, 6) is 0.902. The summed E-state index contributed by atoms with van der Waals surface area (Å²) in [6.07, 6.45) is 0. The van der Waals surface area contributed by atoms with Crippen molar-refractivity contribution in [2.24, 2.45) is 0 Å². The van der Waals surface area contributed by atoms with Crippen LogP contribution in [0.3, 0.4) is 0 Å². The van der Waals surface area contributed by atoms with Crippen LogP contribution in [0.5, 0.6) is 5.75 Å². The van der Waals surface area contributed by atoms with Crippen molar-refractivity contribution in [1.82, 2.24) is 4.90 Å². The number of amides is 1. The number of hydrogen-bond acceptors (Lipinski definition) is 4. The number of carbonyl (C=O) groups excluding carboxylic acids is 1. The summed E-state index contributed by atoms with van der Waals surface area (Å²) in [5, 5.41) is 4.29. The van der Waals surface area contributed by atoms with Crippen LogP contribution in [0.25, 0.3) is 0 Å². The first-order valence-electron chi connectivity index (χ1n) is 11.9. The molecule has 4 rings (SSSR count). The third kappa shape index (κ3) is 6.91. The molecule has 3 aromatic rings. The van der Waals surface area contributed by atoms with Gasteiger partial charge < -0.3 is 15.0 Å². The van der Waals surface area contributed by atoms with E-state index in [1.165, 1.54) is 5.56 Å². The van der Waals surface area contributed by atoms with Gasteiger partial charge in [0.15, 0.2) is 6.61 Å². The van der Waals surface area contributed by atoms with Crippen LogP contribution in [-0.4, -0.2) is 43.6 Å². The van der Waals surface area contributed by atoms with Gasteiger partial charge in [-0.1, -0.05) is 67.4 Å². The maximum absolute atomic E-state index is 12.4. The van der Waals surface area contributed by atoms with Gasteiger partial charge in [0, 0.05) is 43.4 Å². The van der Waals surface area contributed by atoms with Gasteiger partial charge in [-0.05, 0) is 53.4 Å². The standard InChI is InChI=1S/C28H31Cl2N3O2/c1-20(2)21-7-10-24(11-8-21)35-19-28(34)31-23-9-12-27(26(30)17-23)33-15-13-32(14-16-33)18-22-5-3-4-6-25(22)29/h3-12,17,20H,13-16,18-19H2,1-2H3,(H,31,34). The van der Waals surface area contributed by atoms with Crippen LogP contribution in [-0.2, 0) is 11.3 Å². The zero-order valence-corrected chi connectivity index (χ0v) is 21.6. The van der Waals surface area contributed by atoms with Crippen LogP contribution in [0.2, 0.25) is 10.0 Å². The molecule has 0 unspecified atom stereocenters. The number of anilines is 2. The van der Waals surface area contributed by atoms with Gasteiger partial charge in [0.25, 0.3) is 5.91 Å². The highest BCUT2D eigenvalue weighted by Gasteiger charge is 2.20. The lowest BCUT2D eigenvalue weighted by Crippen LogP contribution is -2.46. The lowest BCUT2D eigenvalue weighted by Gasteiger charge is -2.36. The Kier molecular flexibility index (Phi) is 8.55. The zero-order chi connectivity index (χ0) is 24.8. The molecule has 0 atom stereocenters. The Morgan fingerprint density at radius 2 is 1.66 bits per heavy atom. The van der Waals surface area contributed by atoms with E-state index in [9.17, 15) is 4.79 Å². The summed E-state index contributed by atoms with van der Waals surface area (Å²) in [7, 11) is 0. The average molecular weight is 512 g/mol. The monoisotopic (exact) mass is 511 g/mol. The van der Waals surface area contributed by atoms with Gasteiger partial charge in [0.05, 0.1) is 10.7 Å². The Labute approximate surface area is 217 Å². The van der Waals surface area contributed by atoms with E-state index in [1.807, 2.05) is 54.6 Å². The molecule has 0 spiro atoms. The number of rotatable bonds is 8. The van der Waals surface area contributed by atoms with E-state index in [2.05, 4.69) is 35.0 Å². The quantitative estimate of drug-likeness (QED) is 0.377. The van der Waals surface area contributed by atoms with Gasteiger partial charge in [0.2, 0.25) is 0 Å². The molecule has 0 aliphatic carbocycles. The highest BCUT2D eigenvalue weighted by Crippen LogP contribution is 2.30. The summed E-state index contributed by atoms with van der Waals surface area (Å²) < 4.78 is 5.62. The molecule has 5 nitrogen and oxygen atoms in total. The second-order valence-electron chi connectivity index (χ2n) is 9.08. The molecule has 1 aliphatic rings. The molecule has 1 saturated heterocycles. The van der Waals surface area contributed by atoms with Gasteiger partial charge in [-0.15, -0.1) is 0 Å². The largest absolute Gasteiger partial charge is 0.484 e. The first-order chi connectivity index (χ1) is 16.9. The Hall–Kier alpha value is -2.73. The summed E-state index contributed by atoms with van der Waals surface area (Å²) in [5.41, 5.74) is 4.01. The number of piperazine rings is 1. The molecule has 184 valence electrons. The summed E-state index contributed by atoms with van der Waals surface area (Å²) >= 11 is 12.9. The lowest BCUT2D eigenvalue weighted by molar-refractivity contribution is -0.118. The lowest BCUT2D eigenvalue weighted by atomic mass is 10.0. The fraction of sp³-hybridized carbons (Fsp3) is 0.321. The molecule has 0 aromatic heterocycles. The van der Waals surface area contributed by atoms with Crippen LogP contribution in [0.4, 0.5) is 11.4 Å². The molecule has 0 radical (unpaired) electrons. The van der Waals surface area contributed by atoms with Gasteiger partial charge in [-0.3, -0.25) is 9.69 Å². The molecular formula is C28H31Cl2N3O2. The fourth-order valence-electron chi connectivity index (χ4n) is 4.15. The molecular weight excluding hydrogens is 481 g/mol. The number of benzene rings is 3. The summed E-state index contributed by atoms with van der Waals surface area (Å²) in [6, 6.07) is 21.5. The van der Waals surface area contributed by atoms with Crippen LogP contribution in [0.15, 0.2) is 66.7 Å². The predicted octanol–water partition coefficient (Wildman–Crippen LogP) is 6.46. The van der Waals surface area contributed by atoms with Gasteiger partial charge in [-0.2, -0.15) is 0 Å². The molecule has 1 fully saturated rings. The fourth-order valence-corrected chi connectivity index (χ4v) is 4.65. The number of nitrogens with one attached hydrogen (secondary N) is 1. The molecule has 0 saturated carbocycles. The second-order valence-corrected chi connectivity index (χ2v) is 9.90. The van der Waals surface area contributed by atoms with Crippen molar-refractivity contribution in [1.29, 1.82) is 0 Å². The smallest absolute Gasteiger partial charge is 0.262 e. The molecule has 1 N–H and O–H groups in total. The van der Waals surface area contributed by atoms with Crippen LogP contribution >= 0.6 is 23.2 Å². The highest BCUT2D eigenvalue weighted by atomic mass is 35.5. The second kappa shape index (κ2) is 11.8. The van der Waals surface area contributed by atoms with Crippen molar-refractivity contribution in [3.05, 3.63) is 87.9 Å². The summed E-state index contributed by atoms with van der Waals surface area (Å²) in [4.78, 5) is 17.0. The van der Waals surface area contributed by atoms with E-state index in [1.54, 1.807) is 6.07 Å². The number of nitrogens with zero attached hydrogens (tertiary/aromatic N) is 2. The molecule has 3 aromatic carbocycles. The number of ether oxygens (including phenoxy) is 1. The van der Waals surface area contributed by atoms with Crippen molar-refractivity contribution >= 4 is 40.5 Å².